The van der Waals surface area contributed by atoms with Gasteiger partial charge in [0.1, 0.15) is 12.5 Å². The molecule has 1 aromatic rings. The molecule has 0 aromatic carbocycles. The van der Waals surface area contributed by atoms with E-state index >= 15 is 0 Å². The summed E-state index contributed by atoms with van der Waals surface area (Å²) in [6.45, 7) is -0.527. The number of nitrogens with zero attached hydrogens (tertiary/aromatic N) is 1. The zero-order valence-electron chi connectivity index (χ0n) is 7.88. The molecule has 4 nitrogen and oxygen atoms in total. The third-order valence-electron chi connectivity index (χ3n) is 1.66. The number of nitrogens with one attached hydrogen (secondary N) is 2. The second-order valence-electron chi connectivity index (χ2n) is 2.63. The van der Waals surface area contributed by atoms with E-state index in [4.69, 9.17) is 0 Å². The van der Waals surface area contributed by atoms with Crippen LogP contribution in [0.1, 0.15) is 10.4 Å². The van der Waals surface area contributed by atoms with Crippen molar-refractivity contribution in [1.29, 1.82) is 0 Å². The number of alkyl halides is 1. The summed E-state index contributed by atoms with van der Waals surface area (Å²) in [6, 6.07) is 3.32. The lowest BCUT2D eigenvalue weighted by atomic mass is 10.2. The van der Waals surface area contributed by atoms with Gasteiger partial charge in [0.25, 0.3) is 5.91 Å². The van der Waals surface area contributed by atoms with E-state index in [-0.39, 0.29) is 12.5 Å². The van der Waals surface area contributed by atoms with Crippen LogP contribution < -0.4 is 10.6 Å². The summed E-state index contributed by atoms with van der Waals surface area (Å²) in [5, 5.41) is 5.25. The van der Waals surface area contributed by atoms with Crippen molar-refractivity contribution in [3.05, 3.63) is 23.9 Å². The van der Waals surface area contributed by atoms with Crippen LogP contribution in [-0.4, -0.2) is 31.2 Å². The Bertz CT molecular complexity index is 299. The van der Waals surface area contributed by atoms with E-state index in [1.165, 1.54) is 6.20 Å². The van der Waals surface area contributed by atoms with E-state index in [0.717, 1.165) is 0 Å². The predicted molar refractivity (Wildman–Crippen MR) is 52.1 cm³/mol. The van der Waals surface area contributed by atoms with Gasteiger partial charge in [-0.15, -0.1) is 0 Å². The molecule has 1 heterocycles. The van der Waals surface area contributed by atoms with E-state index in [2.05, 4.69) is 15.6 Å². The van der Waals surface area contributed by atoms with Crippen LogP contribution in [0.5, 0.6) is 0 Å². The second kappa shape index (κ2) is 5.16. The molecular weight excluding hydrogens is 185 g/mol. The molecule has 1 rings (SSSR count). The lowest BCUT2D eigenvalue weighted by Gasteiger charge is -2.03. The molecule has 14 heavy (non-hydrogen) atoms. The monoisotopic (exact) mass is 197 g/mol. The van der Waals surface area contributed by atoms with Gasteiger partial charge in [-0.3, -0.25) is 4.79 Å². The number of hydrogen-bond acceptors (Lipinski definition) is 3. The summed E-state index contributed by atoms with van der Waals surface area (Å²) in [4.78, 5) is 15.2. The van der Waals surface area contributed by atoms with E-state index in [1.807, 2.05) is 0 Å². The first kappa shape index (κ1) is 10.4. The van der Waals surface area contributed by atoms with Crippen LogP contribution in [0.25, 0.3) is 0 Å². The molecule has 0 saturated heterocycles. The fourth-order valence-electron chi connectivity index (χ4n) is 0.939. The van der Waals surface area contributed by atoms with E-state index in [0.29, 0.717) is 11.4 Å². The molecule has 0 fully saturated rings. The average Bonchev–Trinajstić information content (AvgIpc) is 2.26. The lowest BCUT2D eigenvalue weighted by molar-refractivity contribution is 0.0950. The summed E-state index contributed by atoms with van der Waals surface area (Å²) >= 11 is 0. The highest BCUT2D eigenvalue weighted by Crippen LogP contribution is 2.03. The first-order chi connectivity index (χ1) is 6.77. The summed E-state index contributed by atoms with van der Waals surface area (Å²) in [5.41, 5.74) is 0.428. The van der Waals surface area contributed by atoms with Crippen LogP contribution in [-0.2, 0) is 0 Å². The van der Waals surface area contributed by atoms with Crippen LogP contribution in [0.2, 0.25) is 0 Å². The molecule has 0 atom stereocenters. The zero-order chi connectivity index (χ0) is 10.4. The number of halogens is 1. The quantitative estimate of drug-likeness (QED) is 0.751. The van der Waals surface area contributed by atoms with Crippen LogP contribution >= 0.6 is 0 Å². The maximum absolute atomic E-state index is 11.7. The SMILES string of the molecule is CNc1ccc(C(=O)NCCF)cn1. The van der Waals surface area contributed by atoms with Gasteiger partial charge in [-0.1, -0.05) is 0 Å². The Labute approximate surface area is 81.5 Å². The number of amides is 1. The summed E-state index contributed by atoms with van der Waals surface area (Å²) < 4.78 is 11.7. The van der Waals surface area contributed by atoms with Crippen molar-refractivity contribution < 1.29 is 9.18 Å². The largest absolute Gasteiger partial charge is 0.373 e. The smallest absolute Gasteiger partial charge is 0.252 e. The topological polar surface area (TPSA) is 54.0 Å². The molecule has 0 aliphatic heterocycles. The molecule has 76 valence electrons. The maximum Gasteiger partial charge on any atom is 0.252 e. The van der Waals surface area contributed by atoms with Crippen LogP contribution in [0.3, 0.4) is 0 Å². The fraction of sp³-hybridized carbons (Fsp3) is 0.333. The molecule has 0 aliphatic rings. The average molecular weight is 197 g/mol. The van der Waals surface area contributed by atoms with Crippen molar-refractivity contribution in [1.82, 2.24) is 10.3 Å². The van der Waals surface area contributed by atoms with Crippen molar-refractivity contribution in [3.63, 3.8) is 0 Å². The Balaban J connectivity index is 2.62. The van der Waals surface area contributed by atoms with Gasteiger partial charge in [0.15, 0.2) is 0 Å². The molecular formula is C9H12FN3O. The molecule has 0 aliphatic carbocycles. The van der Waals surface area contributed by atoms with E-state index in [9.17, 15) is 9.18 Å². The molecule has 0 bridgehead atoms. The van der Waals surface area contributed by atoms with E-state index in [1.54, 1.807) is 19.2 Å². The number of hydrogen-bond donors (Lipinski definition) is 2. The van der Waals surface area contributed by atoms with Gasteiger partial charge >= 0.3 is 0 Å². The van der Waals surface area contributed by atoms with Crippen molar-refractivity contribution >= 4 is 11.7 Å². The second-order valence-corrected chi connectivity index (χ2v) is 2.63. The van der Waals surface area contributed by atoms with Crippen molar-refractivity contribution in [2.45, 2.75) is 0 Å². The Morgan fingerprint density at radius 3 is 2.86 bits per heavy atom. The Hall–Kier alpha value is -1.65. The van der Waals surface area contributed by atoms with Gasteiger partial charge in [-0.25, -0.2) is 9.37 Å². The Morgan fingerprint density at radius 1 is 1.57 bits per heavy atom. The predicted octanol–water partition coefficient (Wildman–Crippen LogP) is 0.823. The first-order valence-corrected chi connectivity index (χ1v) is 4.26. The zero-order valence-corrected chi connectivity index (χ0v) is 7.88. The van der Waals surface area contributed by atoms with Crippen molar-refractivity contribution in [2.75, 3.05) is 25.6 Å². The third-order valence-corrected chi connectivity index (χ3v) is 1.66. The van der Waals surface area contributed by atoms with Gasteiger partial charge < -0.3 is 10.6 Å². The minimum atomic E-state index is -0.562. The Kier molecular flexibility index (Phi) is 3.84. The summed E-state index contributed by atoms with van der Waals surface area (Å²) in [7, 11) is 1.74. The highest BCUT2D eigenvalue weighted by Gasteiger charge is 2.04. The highest BCUT2D eigenvalue weighted by atomic mass is 19.1. The number of rotatable bonds is 4. The van der Waals surface area contributed by atoms with Crippen molar-refractivity contribution in [3.8, 4) is 0 Å². The number of pyridine rings is 1. The molecule has 1 aromatic heterocycles. The van der Waals surface area contributed by atoms with Crippen LogP contribution in [0.15, 0.2) is 18.3 Å². The van der Waals surface area contributed by atoms with Gasteiger partial charge in [0.2, 0.25) is 0 Å². The minimum Gasteiger partial charge on any atom is -0.373 e. The molecule has 2 N–H and O–H groups in total. The van der Waals surface area contributed by atoms with Crippen molar-refractivity contribution in [2.24, 2.45) is 0 Å². The molecule has 0 saturated carbocycles. The lowest BCUT2D eigenvalue weighted by Crippen LogP contribution is -2.25. The normalized spacial score (nSPS) is 9.57. The number of carbonyl (C=O) groups is 1. The van der Waals surface area contributed by atoms with Gasteiger partial charge in [0.05, 0.1) is 5.56 Å². The maximum atomic E-state index is 11.7. The number of aromatic nitrogens is 1. The molecule has 1 amide bonds. The fourth-order valence-corrected chi connectivity index (χ4v) is 0.939. The standard InChI is InChI=1S/C9H12FN3O/c1-11-8-3-2-7(6-13-8)9(14)12-5-4-10/h2-3,6H,4-5H2,1H3,(H,11,13)(H,12,14). The van der Waals surface area contributed by atoms with Gasteiger partial charge in [0, 0.05) is 19.8 Å². The summed E-state index contributed by atoms with van der Waals surface area (Å²) in [6.07, 6.45) is 1.44. The first-order valence-electron chi connectivity index (χ1n) is 4.26. The van der Waals surface area contributed by atoms with Gasteiger partial charge in [-0.05, 0) is 12.1 Å². The molecule has 0 radical (unpaired) electrons. The number of anilines is 1. The molecule has 0 spiro atoms. The minimum absolute atomic E-state index is 0.0343. The molecule has 5 heteroatoms. The Morgan fingerprint density at radius 2 is 2.36 bits per heavy atom. The van der Waals surface area contributed by atoms with E-state index < -0.39 is 6.67 Å². The van der Waals surface area contributed by atoms with Crippen LogP contribution in [0, 0.1) is 0 Å². The third kappa shape index (κ3) is 2.69. The van der Waals surface area contributed by atoms with Crippen LogP contribution in [0.4, 0.5) is 10.2 Å². The number of carbonyl (C=O) groups excluding carboxylic acids is 1. The molecule has 0 unspecified atom stereocenters. The summed E-state index contributed by atoms with van der Waals surface area (Å²) in [5.74, 6) is 0.379. The van der Waals surface area contributed by atoms with Gasteiger partial charge in [-0.2, -0.15) is 0 Å². The highest BCUT2D eigenvalue weighted by molar-refractivity contribution is 5.93.